The maximum Gasteiger partial charge on any atom is 0.309 e. The first-order valence-electron chi connectivity index (χ1n) is 6.48. The van der Waals surface area contributed by atoms with E-state index in [1.165, 1.54) is 0 Å². The molecule has 0 unspecified atom stereocenters. The van der Waals surface area contributed by atoms with Crippen molar-refractivity contribution in [2.24, 2.45) is 5.41 Å². The van der Waals surface area contributed by atoms with E-state index in [0.29, 0.717) is 13.1 Å². The predicted molar refractivity (Wildman–Crippen MR) is 75.6 cm³/mol. The van der Waals surface area contributed by atoms with Crippen molar-refractivity contribution in [3.63, 3.8) is 0 Å². The molecule has 0 saturated carbocycles. The van der Waals surface area contributed by atoms with Gasteiger partial charge in [-0.1, -0.05) is 51.1 Å². The lowest BCUT2D eigenvalue weighted by atomic mass is 9.97. The zero-order valence-electron chi connectivity index (χ0n) is 11.8. The van der Waals surface area contributed by atoms with Gasteiger partial charge in [0.05, 0.1) is 0 Å². The monoisotopic (exact) mass is 262 g/mol. The largest absolute Gasteiger partial charge is 0.348 e. The Morgan fingerprint density at radius 1 is 1.00 bits per heavy atom. The zero-order chi connectivity index (χ0) is 14.3. The van der Waals surface area contributed by atoms with E-state index >= 15 is 0 Å². The molecule has 4 heteroatoms. The van der Waals surface area contributed by atoms with E-state index < -0.39 is 11.8 Å². The van der Waals surface area contributed by atoms with Gasteiger partial charge in [-0.3, -0.25) is 9.59 Å². The second-order valence-electron chi connectivity index (χ2n) is 5.73. The molecule has 0 radical (unpaired) electrons. The van der Waals surface area contributed by atoms with Crippen LogP contribution in [0.15, 0.2) is 30.3 Å². The zero-order valence-corrected chi connectivity index (χ0v) is 11.8. The van der Waals surface area contributed by atoms with Gasteiger partial charge in [0, 0.05) is 13.1 Å². The molecule has 0 fully saturated rings. The third kappa shape index (κ3) is 6.60. The van der Waals surface area contributed by atoms with Gasteiger partial charge in [0.25, 0.3) is 0 Å². The summed E-state index contributed by atoms with van der Waals surface area (Å²) in [5.74, 6) is -1.14. The maximum atomic E-state index is 11.5. The fourth-order valence-electron chi connectivity index (χ4n) is 1.47. The van der Waals surface area contributed by atoms with Crippen molar-refractivity contribution < 1.29 is 9.59 Å². The standard InChI is InChI=1S/C15H22N2O2/c1-15(2,3)11-17-14(19)13(18)16-10-9-12-7-5-4-6-8-12/h4-8H,9-11H2,1-3H3,(H,16,18)(H,17,19). The molecule has 0 saturated heterocycles. The van der Waals surface area contributed by atoms with E-state index in [-0.39, 0.29) is 5.41 Å². The number of amides is 2. The topological polar surface area (TPSA) is 58.2 Å². The third-order valence-electron chi connectivity index (χ3n) is 2.53. The van der Waals surface area contributed by atoms with Crippen LogP contribution in [0.25, 0.3) is 0 Å². The molecule has 19 heavy (non-hydrogen) atoms. The Morgan fingerprint density at radius 2 is 1.58 bits per heavy atom. The van der Waals surface area contributed by atoms with Crippen LogP contribution in [0, 0.1) is 5.41 Å². The molecule has 1 rings (SSSR count). The van der Waals surface area contributed by atoms with Crippen LogP contribution in [0.2, 0.25) is 0 Å². The molecule has 104 valence electrons. The SMILES string of the molecule is CC(C)(C)CNC(=O)C(=O)NCCc1ccccc1. The van der Waals surface area contributed by atoms with Crippen molar-refractivity contribution in [3.05, 3.63) is 35.9 Å². The first-order valence-corrected chi connectivity index (χ1v) is 6.48. The summed E-state index contributed by atoms with van der Waals surface area (Å²) in [4.78, 5) is 23.0. The van der Waals surface area contributed by atoms with Gasteiger partial charge in [-0.15, -0.1) is 0 Å². The second kappa shape index (κ2) is 6.92. The summed E-state index contributed by atoms with van der Waals surface area (Å²) in [5.41, 5.74) is 1.11. The van der Waals surface area contributed by atoms with Crippen LogP contribution in [-0.4, -0.2) is 24.9 Å². The molecular weight excluding hydrogens is 240 g/mol. The van der Waals surface area contributed by atoms with Crippen molar-refractivity contribution in [2.45, 2.75) is 27.2 Å². The van der Waals surface area contributed by atoms with Crippen LogP contribution in [0.3, 0.4) is 0 Å². The summed E-state index contributed by atoms with van der Waals surface area (Å²) in [7, 11) is 0. The van der Waals surface area contributed by atoms with Gasteiger partial charge in [-0.2, -0.15) is 0 Å². The molecule has 0 bridgehead atoms. The highest BCUT2D eigenvalue weighted by molar-refractivity contribution is 6.35. The Balaban J connectivity index is 2.26. The van der Waals surface area contributed by atoms with Gasteiger partial charge >= 0.3 is 11.8 Å². The van der Waals surface area contributed by atoms with Gasteiger partial charge in [-0.05, 0) is 17.4 Å². The minimum Gasteiger partial charge on any atom is -0.348 e. The molecule has 0 aromatic heterocycles. The number of hydrogen-bond donors (Lipinski definition) is 2. The van der Waals surface area contributed by atoms with Crippen LogP contribution in [0.4, 0.5) is 0 Å². The van der Waals surface area contributed by atoms with E-state index in [0.717, 1.165) is 12.0 Å². The quantitative estimate of drug-likeness (QED) is 0.808. The van der Waals surface area contributed by atoms with E-state index in [1.807, 2.05) is 51.1 Å². The summed E-state index contributed by atoms with van der Waals surface area (Å²) < 4.78 is 0. The average molecular weight is 262 g/mol. The molecule has 1 aromatic carbocycles. The first-order chi connectivity index (χ1) is 8.88. The smallest absolute Gasteiger partial charge is 0.309 e. The Hall–Kier alpha value is -1.84. The second-order valence-corrected chi connectivity index (χ2v) is 5.73. The molecular formula is C15H22N2O2. The fourth-order valence-corrected chi connectivity index (χ4v) is 1.47. The molecule has 2 amide bonds. The average Bonchev–Trinajstić information content (AvgIpc) is 2.36. The van der Waals surface area contributed by atoms with Crippen molar-refractivity contribution in [2.75, 3.05) is 13.1 Å². The lowest BCUT2D eigenvalue weighted by molar-refractivity contribution is -0.139. The van der Waals surface area contributed by atoms with Crippen LogP contribution >= 0.6 is 0 Å². The van der Waals surface area contributed by atoms with Crippen molar-refractivity contribution >= 4 is 11.8 Å². The molecule has 4 nitrogen and oxygen atoms in total. The van der Waals surface area contributed by atoms with Crippen molar-refractivity contribution in [1.29, 1.82) is 0 Å². The first kappa shape index (κ1) is 15.2. The molecule has 0 atom stereocenters. The number of carbonyl (C=O) groups is 2. The van der Waals surface area contributed by atoms with Gasteiger partial charge in [0.15, 0.2) is 0 Å². The normalized spacial score (nSPS) is 10.9. The highest BCUT2D eigenvalue weighted by Gasteiger charge is 2.16. The summed E-state index contributed by atoms with van der Waals surface area (Å²) in [5, 5.41) is 5.24. The van der Waals surface area contributed by atoms with E-state index in [2.05, 4.69) is 10.6 Å². The number of hydrogen-bond acceptors (Lipinski definition) is 2. The van der Waals surface area contributed by atoms with E-state index in [4.69, 9.17) is 0 Å². The van der Waals surface area contributed by atoms with Gasteiger partial charge in [-0.25, -0.2) is 0 Å². The summed E-state index contributed by atoms with van der Waals surface area (Å²) in [6.07, 6.45) is 0.721. The molecule has 0 aliphatic heterocycles. The summed E-state index contributed by atoms with van der Waals surface area (Å²) in [6.45, 7) is 6.95. The van der Waals surface area contributed by atoms with Crippen LogP contribution < -0.4 is 10.6 Å². The van der Waals surface area contributed by atoms with Crippen LogP contribution in [-0.2, 0) is 16.0 Å². The lowest BCUT2D eigenvalue weighted by Crippen LogP contribution is -2.43. The minimum absolute atomic E-state index is 0.0278. The molecule has 0 heterocycles. The van der Waals surface area contributed by atoms with E-state index in [9.17, 15) is 9.59 Å². The Morgan fingerprint density at radius 3 is 2.16 bits per heavy atom. The van der Waals surface area contributed by atoms with E-state index in [1.54, 1.807) is 0 Å². The summed E-state index contributed by atoms with van der Waals surface area (Å²) in [6, 6.07) is 9.83. The lowest BCUT2D eigenvalue weighted by Gasteiger charge is -2.18. The van der Waals surface area contributed by atoms with Gasteiger partial charge in [0.2, 0.25) is 0 Å². The Labute approximate surface area is 114 Å². The number of carbonyl (C=O) groups excluding carboxylic acids is 2. The van der Waals surface area contributed by atoms with Crippen molar-refractivity contribution in [1.82, 2.24) is 10.6 Å². The van der Waals surface area contributed by atoms with Crippen molar-refractivity contribution in [3.8, 4) is 0 Å². The number of rotatable bonds is 4. The number of nitrogens with one attached hydrogen (secondary N) is 2. The number of benzene rings is 1. The van der Waals surface area contributed by atoms with Crippen LogP contribution in [0.5, 0.6) is 0 Å². The molecule has 0 aliphatic rings. The van der Waals surface area contributed by atoms with Gasteiger partial charge in [0.1, 0.15) is 0 Å². The minimum atomic E-state index is -0.569. The Kier molecular flexibility index (Phi) is 5.55. The summed E-state index contributed by atoms with van der Waals surface area (Å²) >= 11 is 0. The van der Waals surface area contributed by atoms with Gasteiger partial charge < -0.3 is 10.6 Å². The maximum absolute atomic E-state index is 11.5. The third-order valence-corrected chi connectivity index (χ3v) is 2.53. The Bertz CT molecular complexity index is 422. The molecule has 0 aliphatic carbocycles. The fraction of sp³-hybridized carbons (Fsp3) is 0.467. The van der Waals surface area contributed by atoms with Crippen LogP contribution in [0.1, 0.15) is 26.3 Å². The highest BCUT2D eigenvalue weighted by atomic mass is 16.2. The molecule has 0 spiro atoms. The predicted octanol–water partition coefficient (Wildman–Crippen LogP) is 1.51. The molecule has 2 N–H and O–H groups in total. The highest BCUT2D eigenvalue weighted by Crippen LogP contribution is 2.09. The molecule has 1 aromatic rings.